The van der Waals surface area contributed by atoms with E-state index in [4.69, 9.17) is 0 Å². The van der Waals surface area contributed by atoms with Gasteiger partial charge in [0.2, 0.25) is 5.91 Å². The van der Waals surface area contributed by atoms with Crippen LogP contribution in [0, 0.1) is 0 Å². The number of nitrogens with zero attached hydrogens (tertiary/aromatic N) is 1. The number of rotatable bonds is 6. The van der Waals surface area contributed by atoms with E-state index in [-0.39, 0.29) is 11.9 Å². The molecule has 0 aliphatic heterocycles. The smallest absolute Gasteiger partial charge is 0.220 e. The van der Waals surface area contributed by atoms with Crippen molar-refractivity contribution in [2.24, 2.45) is 0 Å². The van der Waals surface area contributed by atoms with Crippen LogP contribution >= 0.6 is 0 Å². The molecule has 0 spiro atoms. The maximum Gasteiger partial charge on any atom is 0.220 e. The van der Waals surface area contributed by atoms with Crippen LogP contribution in [0.3, 0.4) is 0 Å². The van der Waals surface area contributed by atoms with Crippen molar-refractivity contribution in [2.75, 3.05) is 13.6 Å². The molecule has 1 unspecified atom stereocenters. The van der Waals surface area contributed by atoms with Crippen LogP contribution in [0.1, 0.15) is 31.4 Å². The Morgan fingerprint density at radius 3 is 3.07 bits per heavy atom. The molecule has 0 bridgehead atoms. The van der Waals surface area contributed by atoms with Gasteiger partial charge in [-0.15, -0.1) is 0 Å². The van der Waals surface area contributed by atoms with E-state index in [9.17, 15) is 4.79 Å². The summed E-state index contributed by atoms with van der Waals surface area (Å²) in [6, 6.07) is 0.0193. The molecule has 0 radical (unpaired) electrons. The molecule has 0 fully saturated rings. The lowest BCUT2D eigenvalue weighted by atomic mass is 10.2. The first-order valence-corrected chi connectivity index (χ1v) is 5.16. The molecule has 0 aliphatic rings. The van der Waals surface area contributed by atoms with Crippen molar-refractivity contribution in [1.29, 1.82) is 0 Å². The summed E-state index contributed by atoms with van der Waals surface area (Å²) in [7, 11) is 1.88. The van der Waals surface area contributed by atoms with E-state index >= 15 is 0 Å². The van der Waals surface area contributed by atoms with E-state index in [1.54, 1.807) is 12.4 Å². The van der Waals surface area contributed by atoms with Crippen LogP contribution in [0.25, 0.3) is 0 Å². The number of carbonyl (C=O) groups excluding carboxylic acids is 1. The number of aromatic nitrogens is 2. The number of aromatic amines is 1. The zero-order valence-electron chi connectivity index (χ0n) is 9.21. The van der Waals surface area contributed by atoms with E-state index in [0.717, 1.165) is 18.5 Å². The van der Waals surface area contributed by atoms with Crippen LogP contribution in [0.5, 0.6) is 0 Å². The van der Waals surface area contributed by atoms with Gasteiger partial charge in [-0.1, -0.05) is 0 Å². The Morgan fingerprint density at radius 2 is 2.47 bits per heavy atom. The van der Waals surface area contributed by atoms with Gasteiger partial charge < -0.3 is 10.6 Å². The van der Waals surface area contributed by atoms with Crippen LogP contribution < -0.4 is 10.6 Å². The Kier molecular flexibility index (Phi) is 4.83. The Bertz CT molecular complexity index is 284. The molecule has 0 saturated carbocycles. The molecule has 15 heavy (non-hydrogen) atoms. The molecule has 3 N–H and O–H groups in total. The predicted molar refractivity (Wildman–Crippen MR) is 58.3 cm³/mol. The summed E-state index contributed by atoms with van der Waals surface area (Å²) < 4.78 is 0. The summed E-state index contributed by atoms with van der Waals surface area (Å²) in [6.45, 7) is 2.81. The maximum absolute atomic E-state index is 11.5. The van der Waals surface area contributed by atoms with Gasteiger partial charge in [0, 0.05) is 18.2 Å². The SMILES string of the molecule is CNCCCC(=O)NC(C)c1cn[nH]c1. The van der Waals surface area contributed by atoms with Gasteiger partial charge in [-0.25, -0.2) is 0 Å². The first-order chi connectivity index (χ1) is 7.24. The number of H-pyrrole nitrogens is 1. The van der Waals surface area contributed by atoms with Crippen LogP contribution in [-0.4, -0.2) is 29.7 Å². The molecule has 5 nitrogen and oxygen atoms in total. The fourth-order valence-electron chi connectivity index (χ4n) is 1.32. The molecule has 84 valence electrons. The number of carbonyl (C=O) groups is 1. The van der Waals surface area contributed by atoms with Gasteiger partial charge in [0.05, 0.1) is 12.2 Å². The third-order valence-corrected chi connectivity index (χ3v) is 2.23. The average molecular weight is 210 g/mol. The Hall–Kier alpha value is -1.36. The van der Waals surface area contributed by atoms with Crippen molar-refractivity contribution in [2.45, 2.75) is 25.8 Å². The molecule has 5 heteroatoms. The highest BCUT2D eigenvalue weighted by molar-refractivity contribution is 5.76. The zero-order valence-corrected chi connectivity index (χ0v) is 9.21. The van der Waals surface area contributed by atoms with Gasteiger partial charge in [-0.05, 0) is 26.9 Å². The quantitative estimate of drug-likeness (QED) is 0.602. The first kappa shape index (κ1) is 11.7. The second-order valence-electron chi connectivity index (χ2n) is 3.53. The minimum absolute atomic E-state index is 0.0193. The van der Waals surface area contributed by atoms with Crippen LogP contribution in [0.4, 0.5) is 0 Å². The van der Waals surface area contributed by atoms with Crippen molar-refractivity contribution in [3.63, 3.8) is 0 Å². The molecular weight excluding hydrogens is 192 g/mol. The number of amides is 1. The highest BCUT2D eigenvalue weighted by Crippen LogP contribution is 2.09. The highest BCUT2D eigenvalue weighted by atomic mass is 16.1. The van der Waals surface area contributed by atoms with E-state index in [0.29, 0.717) is 6.42 Å². The molecule has 1 heterocycles. The van der Waals surface area contributed by atoms with Crippen molar-refractivity contribution in [3.8, 4) is 0 Å². The maximum atomic E-state index is 11.5. The molecule has 1 aromatic heterocycles. The molecular formula is C10H18N4O. The summed E-state index contributed by atoms with van der Waals surface area (Å²) in [5.41, 5.74) is 0.997. The van der Waals surface area contributed by atoms with Gasteiger partial charge in [0.1, 0.15) is 0 Å². The van der Waals surface area contributed by atoms with E-state index < -0.39 is 0 Å². The highest BCUT2D eigenvalue weighted by Gasteiger charge is 2.09. The molecule has 1 rings (SSSR count). The Morgan fingerprint density at radius 1 is 1.67 bits per heavy atom. The molecule has 1 aromatic rings. The van der Waals surface area contributed by atoms with Crippen LogP contribution in [0.2, 0.25) is 0 Å². The van der Waals surface area contributed by atoms with Crippen molar-refractivity contribution in [3.05, 3.63) is 18.0 Å². The van der Waals surface area contributed by atoms with Crippen LogP contribution in [-0.2, 0) is 4.79 Å². The third kappa shape index (κ3) is 4.12. The van der Waals surface area contributed by atoms with Crippen molar-refractivity contribution < 1.29 is 4.79 Å². The van der Waals surface area contributed by atoms with Gasteiger partial charge in [0.15, 0.2) is 0 Å². The summed E-state index contributed by atoms with van der Waals surface area (Å²) in [5.74, 6) is 0.0824. The first-order valence-electron chi connectivity index (χ1n) is 5.16. The van der Waals surface area contributed by atoms with E-state index in [2.05, 4.69) is 20.8 Å². The fraction of sp³-hybridized carbons (Fsp3) is 0.600. The lowest BCUT2D eigenvalue weighted by molar-refractivity contribution is -0.121. The number of hydrogen-bond acceptors (Lipinski definition) is 3. The van der Waals surface area contributed by atoms with Gasteiger partial charge in [-0.3, -0.25) is 9.89 Å². The largest absolute Gasteiger partial charge is 0.349 e. The number of hydrogen-bond donors (Lipinski definition) is 3. The summed E-state index contributed by atoms with van der Waals surface area (Å²) in [5, 5.41) is 12.5. The number of nitrogens with one attached hydrogen (secondary N) is 3. The van der Waals surface area contributed by atoms with E-state index in [1.807, 2.05) is 14.0 Å². The summed E-state index contributed by atoms with van der Waals surface area (Å²) >= 11 is 0. The van der Waals surface area contributed by atoms with Gasteiger partial charge in [-0.2, -0.15) is 5.10 Å². The summed E-state index contributed by atoms with van der Waals surface area (Å²) in [6.07, 6.45) is 4.93. The molecule has 0 aliphatic carbocycles. The van der Waals surface area contributed by atoms with Crippen molar-refractivity contribution in [1.82, 2.24) is 20.8 Å². The monoisotopic (exact) mass is 210 g/mol. The lowest BCUT2D eigenvalue weighted by Gasteiger charge is -2.11. The minimum Gasteiger partial charge on any atom is -0.349 e. The Labute approximate surface area is 89.6 Å². The normalized spacial score (nSPS) is 12.4. The topological polar surface area (TPSA) is 69.8 Å². The van der Waals surface area contributed by atoms with Crippen LogP contribution in [0.15, 0.2) is 12.4 Å². The van der Waals surface area contributed by atoms with E-state index in [1.165, 1.54) is 0 Å². The standard InChI is InChI=1S/C10H18N4O/c1-8(9-6-12-13-7-9)14-10(15)4-3-5-11-2/h6-8,11H,3-5H2,1-2H3,(H,12,13)(H,14,15). The molecule has 0 aromatic carbocycles. The zero-order chi connectivity index (χ0) is 11.1. The average Bonchev–Trinajstić information content (AvgIpc) is 2.70. The minimum atomic E-state index is 0.0193. The Balaban J connectivity index is 2.26. The lowest BCUT2D eigenvalue weighted by Crippen LogP contribution is -2.26. The third-order valence-electron chi connectivity index (χ3n) is 2.23. The molecule has 1 atom stereocenters. The fourth-order valence-corrected chi connectivity index (χ4v) is 1.32. The van der Waals surface area contributed by atoms with Crippen molar-refractivity contribution >= 4 is 5.91 Å². The van der Waals surface area contributed by atoms with Gasteiger partial charge >= 0.3 is 0 Å². The molecule has 0 saturated heterocycles. The summed E-state index contributed by atoms with van der Waals surface area (Å²) in [4.78, 5) is 11.5. The molecule has 1 amide bonds. The second-order valence-corrected chi connectivity index (χ2v) is 3.53. The second kappa shape index (κ2) is 6.19. The van der Waals surface area contributed by atoms with Gasteiger partial charge in [0.25, 0.3) is 0 Å². The predicted octanol–water partition coefficient (Wildman–Crippen LogP) is 0.586.